The van der Waals surface area contributed by atoms with E-state index in [1.807, 2.05) is 30.3 Å². The van der Waals surface area contributed by atoms with Gasteiger partial charge in [-0.2, -0.15) is 4.68 Å². The third-order valence-corrected chi connectivity index (χ3v) is 3.93. The number of aromatic nitrogens is 4. The second-order valence-electron chi connectivity index (χ2n) is 4.31. The van der Waals surface area contributed by atoms with Crippen LogP contribution in [-0.4, -0.2) is 20.2 Å². The minimum atomic E-state index is -0.311. The topological polar surface area (TPSA) is 69.6 Å². The largest absolute Gasteiger partial charge is 0.398 e. The molecule has 0 saturated carbocycles. The number of halogens is 1. The number of para-hydroxylation sites is 1. The van der Waals surface area contributed by atoms with E-state index in [1.165, 1.54) is 23.9 Å². The summed E-state index contributed by atoms with van der Waals surface area (Å²) in [6, 6.07) is 13.9. The Balaban J connectivity index is 1.81. The molecule has 21 heavy (non-hydrogen) atoms. The van der Waals surface area contributed by atoms with Gasteiger partial charge < -0.3 is 5.73 Å². The lowest BCUT2D eigenvalue weighted by molar-refractivity contribution is 0.624. The van der Waals surface area contributed by atoms with Crippen molar-refractivity contribution in [3.8, 4) is 5.69 Å². The first-order valence-electron chi connectivity index (χ1n) is 6.24. The van der Waals surface area contributed by atoms with Crippen molar-refractivity contribution in [2.24, 2.45) is 0 Å². The quantitative estimate of drug-likeness (QED) is 0.592. The van der Waals surface area contributed by atoms with Crippen LogP contribution in [0.3, 0.4) is 0 Å². The van der Waals surface area contributed by atoms with E-state index in [4.69, 9.17) is 5.73 Å². The zero-order chi connectivity index (χ0) is 14.7. The van der Waals surface area contributed by atoms with Crippen LogP contribution < -0.4 is 5.73 Å². The van der Waals surface area contributed by atoms with Gasteiger partial charge >= 0.3 is 0 Å². The summed E-state index contributed by atoms with van der Waals surface area (Å²) in [5.41, 5.74) is 7.25. The van der Waals surface area contributed by atoms with E-state index in [2.05, 4.69) is 15.5 Å². The molecule has 1 heterocycles. The summed E-state index contributed by atoms with van der Waals surface area (Å²) >= 11 is 1.40. The summed E-state index contributed by atoms with van der Waals surface area (Å²) in [7, 11) is 0. The van der Waals surface area contributed by atoms with Crippen LogP contribution in [0.5, 0.6) is 0 Å². The molecule has 0 amide bonds. The third kappa shape index (κ3) is 3.03. The van der Waals surface area contributed by atoms with E-state index < -0.39 is 0 Å². The Hall–Kier alpha value is -2.41. The molecule has 0 spiro atoms. The highest BCUT2D eigenvalue weighted by molar-refractivity contribution is 7.98. The maximum absolute atomic E-state index is 13.2. The number of rotatable bonds is 4. The van der Waals surface area contributed by atoms with Crippen molar-refractivity contribution in [1.29, 1.82) is 0 Å². The first-order chi connectivity index (χ1) is 10.2. The third-order valence-electron chi connectivity index (χ3n) is 2.87. The Morgan fingerprint density at radius 1 is 1.14 bits per heavy atom. The van der Waals surface area contributed by atoms with Gasteiger partial charge in [0.2, 0.25) is 0 Å². The Labute approximate surface area is 125 Å². The van der Waals surface area contributed by atoms with Gasteiger partial charge in [0.05, 0.1) is 11.4 Å². The van der Waals surface area contributed by atoms with Crippen molar-refractivity contribution < 1.29 is 4.39 Å². The first-order valence-corrected chi connectivity index (χ1v) is 7.23. The molecule has 5 nitrogen and oxygen atoms in total. The average molecular weight is 301 g/mol. The van der Waals surface area contributed by atoms with Gasteiger partial charge in [0, 0.05) is 10.6 Å². The molecule has 0 aliphatic rings. The van der Waals surface area contributed by atoms with E-state index in [1.54, 1.807) is 10.7 Å². The number of nitrogens with zero attached hydrogens (tertiary/aromatic N) is 4. The predicted octanol–water partition coefficient (Wildman–Crippen LogP) is 2.68. The number of nitrogens with two attached hydrogens (primary N) is 1. The van der Waals surface area contributed by atoms with Gasteiger partial charge in [-0.3, -0.25) is 0 Å². The molecule has 0 bridgehead atoms. The van der Waals surface area contributed by atoms with Crippen LogP contribution in [0.25, 0.3) is 5.69 Å². The number of benzene rings is 2. The molecule has 2 aromatic carbocycles. The van der Waals surface area contributed by atoms with E-state index >= 15 is 0 Å². The summed E-state index contributed by atoms with van der Waals surface area (Å²) in [4.78, 5) is 0.678. The molecule has 0 fully saturated rings. The maximum atomic E-state index is 13.2. The number of tetrazole rings is 1. The molecule has 7 heteroatoms. The van der Waals surface area contributed by atoms with Crippen LogP contribution in [0.4, 0.5) is 10.1 Å². The molecule has 0 atom stereocenters. The van der Waals surface area contributed by atoms with E-state index in [9.17, 15) is 4.39 Å². The van der Waals surface area contributed by atoms with Crippen molar-refractivity contribution >= 4 is 17.4 Å². The molecule has 0 aliphatic carbocycles. The van der Waals surface area contributed by atoms with Crippen molar-refractivity contribution in [2.75, 3.05) is 5.73 Å². The predicted molar refractivity (Wildman–Crippen MR) is 79.5 cm³/mol. The van der Waals surface area contributed by atoms with Gasteiger partial charge in [0.15, 0.2) is 5.82 Å². The molecule has 0 radical (unpaired) electrons. The van der Waals surface area contributed by atoms with Gasteiger partial charge in [-0.05, 0) is 40.8 Å². The standard InChI is InChI=1S/C14H12FN5S/c15-10-6-7-12(16)13(8-10)21-9-14-17-18-19-20(14)11-4-2-1-3-5-11/h1-8H,9,16H2. The monoisotopic (exact) mass is 301 g/mol. The van der Waals surface area contributed by atoms with Crippen LogP contribution in [0, 0.1) is 5.82 Å². The van der Waals surface area contributed by atoms with Crippen LogP contribution in [0.1, 0.15) is 5.82 Å². The molecule has 3 rings (SSSR count). The molecule has 3 aromatic rings. The fourth-order valence-corrected chi connectivity index (χ4v) is 2.74. The Kier molecular flexibility index (Phi) is 3.83. The highest BCUT2D eigenvalue weighted by Gasteiger charge is 2.10. The number of thioether (sulfide) groups is 1. The van der Waals surface area contributed by atoms with E-state index in [0.29, 0.717) is 22.2 Å². The lowest BCUT2D eigenvalue weighted by Crippen LogP contribution is -2.02. The van der Waals surface area contributed by atoms with Gasteiger partial charge in [-0.1, -0.05) is 18.2 Å². The van der Waals surface area contributed by atoms with E-state index in [-0.39, 0.29) is 5.82 Å². The SMILES string of the molecule is Nc1ccc(F)cc1SCc1nnnn1-c1ccccc1. The number of hydrogen-bond acceptors (Lipinski definition) is 5. The summed E-state index contributed by atoms with van der Waals surface area (Å²) < 4.78 is 14.9. The van der Waals surface area contributed by atoms with Gasteiger partial charge in [0.1, 0.15) is 5.82 Å². The minimum Gasteiger partial charge on any atom is -0.398 e. The highest BCUT2D eigenvalue weighted by atomic mass is 32.2. The number of anilines is 1. The second-order valence-corrected chi connectivity index (χ2v) is 5.33. The van der Waals surface area contributed by atoms with Crippen LogP contribution in [-0.2, 0) is 5.75 Å². The molecular weight excluding hydrogens is 289 g/mol. The van der Waals surface area contributed by atoms with Gasteiger partial charge in [0.25, 0.3) is 0 Å². The zero-order valence-electron chi connectivity index (χ0n) is 11.0. The van der Waals surface area contributed by atoms with Gasteiger partial charge in [-0.25, -0.2) is 4.39 Å². The summed E-state index contributed by atoms with van der Waals surface area (Å²) in [6.45, 7) is 0. The molecule has 0 saturated heterocycles. The normalized spacial score (nSPS) is 10.7. The summed E-state index contributed by atoms with van der Waals surface area (Å²) in [5, 5.41) is 11.7. The smallest absolute Gasteiger partial charge is 0.166 e. The van der Waals surface area contributed by atoms with Crippen LogP contribution in [0.2, 0.25) is 0 Å². The number of nitrogen functional groups attached to an aromatic ring is 1. The van der Waals surface area contributed by atoms with Gasteiger partial charge in [-0.15, -0.1) is 16.9 Å². The molecule has 0 unspecified atom stereocenters. The molecule has 2 N–H and O–H groups in total. The Morgan fingerprint density at radius 3 is 2.76 bits per heavy atom. The summed E-state index contributed by atoms with van der Waals surface area (Å²) in [5.74, 6) is 0.861. The fourth-order valence-electron chi connectivity index (χ4n) is 1.84. The van der Waals surface area contributed by atoms with Crippen molar-refractivity contribution in [3.63, 3.8) is 0 Å². The Bertz CT molecular complexity index is 744. The zero-order valence-corrected chi connectivity index (χ0v) is 11.8. The van der Waals surface area contributed by atoms with Crippen molar-refractivity contribution in [1.82, 2.24) is 20.2 Å². The van der Waals surface area contributed by atoms with Crippen molar-refractivity contribution in [3.05, 3.63) is 60.2 Å². The van der Waals surface area contributed by atoms with E-state index in [0.717, 1.165) is 5.69 Å². The average Bonchev–Trinajstić information content (AvgIpc) is 2.97. The second kappa shape index (κ2) is 5.92. The first kappa shape index (κ1) is 13.6. The molecular formula is C14H12FN5S. The molecule has 106 valence electrons. The fraction of sp³-hybridized carbons (Fsp3) is 0.0714. The Morgan fingerprint density at radius 2 is 1.95 bits per heavy atom. The van der Waals surface area contributed by atoms with Crippen LogP contribution in [0.15, 0.2) is 53.4 Å². The maximum Gasteiger partial charge on any atom is 0.166 e. The van der Waals surface area contributed by atoms with Crippen molar-refractivity contribution in [2.45, 2.75) is 10.6 Å². The minimum absolute atomic E-state index is 0.311. The molecule has 1 aromatic heterocycles. The molecule has 0 aliphatic heterocycles. The lowest BCUT2D eigenvalue weighted by atomic mass is 10.3. The number of hydrogen-bond donors (Lipinski definition) is 1. The summed E-state index contributed by atoms with van der Waals surface area (Å²) in [6.07, 6.45) is 0. The highest BCUT2D eigenvalue weighted by Crippen LogP contribution is 2.28. The lowest BCUT2D eigenvalue weighted by Gasteiger charge is -2.06. The van der Waals surface area contributed by atoms with Crippen LogP contribution >= 0.6 is 11.8 Å².